The number of nitrogens with zero attached hydrogens (tertiary/aromatic N) is 3. The summed E-state index contributed by atoms with van der Waals surface area (Å²) in [6.45, 7) is 4.50. The van der Waals surface area contributed by atoms with Gasteiger partial charge < -0.3 is 15.0 Å². The van der Waals surface area contributed by atoms with Crippen molar-refractivity contribution in [3.8, 4) is 0 Å². The predicted molar refractivity (Wildman–Crippen MR) is 107 cm³/mol. The maximum Gasteiger partial charge on any atom is 0.234 e. The average Bonchev–Trinajstić information content (AvgIpc) is 3.14. The molecule has 3 aliphatic rings. The van der Waals surface area contributed by atoms with Crippen LogP contribution in [0.1, 0.15) is 30.7 Å². The normalized spacial score (nSPS) is 31.2. The van der Waals surface area contributed by atoms with Crippen molar-refractivity contribution in [2.45, 2.75) is 44.4 Å². The van der Waals surface area contributed by atoms with Gasteiger partial charge in [-0.3, -0.25) is 9.69 Å². The quantitative estimate of drug-likeness (QED) is 0.731. The lowest BCUT2D eigenvalue weighted by atomic mass is 9.77. The molecule has 1 aromatic rings. The van der Waals surface area contributed by atoms with Crippen LogP contribution in [0.5, 0.6) is 0 Å². The molecular formula is C20H32N4O2S. The molecular weight excluding hydrogens is 360 g/mol. The molecule has 4 rings (SSSR count). The topological polar surface area (TPSA) is 57.7 Å². The monoisotopic (exact) mass is 392 g/mol. The number of likely N-dealkylation sites (tertiary alicyclic amines) is 1. The third-order valence-corrected chi connectivity index (χ3v) is 6.85. The van der Waals surface area contributed by atoms with Gasteiger partial charge in [0.05, 0.1) is 25.2 Å². The van der Waals surface area contributed by atoms with Crippen LogP contribution < -0.4 is 5.32 Å². The summed E-state index contributed by atoms with van der Waals surface area (Å²) in [5.41, 5.74) is 0. The van der Waals surface area contributed by atoms with Crippen molar-refractivity contribution in [3.63, 3.8) is 0 Å². The Labute approximate surface area is 166 Å². The predicted octanol–water partition coefficient (Wildman–Crippen LogP) is 1.83. The molecule has 7 heteroatoms. The number of likely N-dealkylation sites (N-methyl/N-ethyl adjacent to an activating group) is 1. The van der Waals surface area contributed by atoms with Crippen LogP contribution in [0.2, 0.25) is 0 Å². The van der Waals surface area contributed by atoms with Crippen molar-refractivity contribution >= 4 is 17.2 Å². The highest BCUT2D eigenvalue weighted by Crippen LogP contribution is 2.39. The minimum Gasteiger partial charge on any atom is -0.376 e. The molecule has 2 aliphatic carbocycles. The summed E-state index contributed by atoms with van der Waals surface area (Å²) in [4.78, 5) is 21.3. The van der Waals surface area contributed by atoms with Gasteiger partial charge >= 0.3 is 0 Å². The first-order chi connectivity index (χ1) is 13.1. The summed E-state index contributed by atoms with van der Waals surface area (Å²) in [5, 5.41) is 6.54. The first-order valence-corrected chi connectivity index (χ1v) is 11.1. The van der Waals surface area contributed by atoms with Crippen LogP contribution in [0.15, 0.2) is 11.6 Å². The third-order valence-electron chi connectivity index (χ3n) is 6.08. The molecule has 0 bridgehead atoms. The number of hydrogen-bond donors (Lipinski definition) is 1. The van der Waals surface area contributed by atoms with Crippen molar-refractivity contribution < 1.29 is 9.53 Å². The zero-order valence-electron chi connectivity index (χ0n) is 16.5. The van der Waals surface area contributed by atoms with Crippen LogP contribution in [0.3, 0.4) is 0 Å². The molecule has 0 aromatic carbocycles. The van der Waals surface area contributed by atoms with E-state index in [4.69, 9.17) is 4.74 Å². The molecule has 0 spiro atoms. The number of amides is 1. The fourth-order valence-corrected chi connectivity index (χ4v) is 5.24. The maximum absolute atomic E-state index is 12.4. The Hall–Kier alpha value is -1.02. The van der Waals surface area contributed by atoms with Crippen molar-refractivity contribution in [3.05, 3.63) is 16.6 Å². The van der Waals surface area contributed by atoms with Gasteiger partial charge in [0, 0.05) is 31.3 Å². The molecule has 6 nitrogen and oxygen atoms in total. The standard InChI is InChI=1S/C20H32N4O2S/c1-23(2)11-19(25)22-17-7-15-9-24(12-20-21-5-6-27-20)10-16(15)8-18(17)26-13-14-3-4-14/h5-6,14-18H,3-4,7-13H2,1-2H3,(H,22,25)/t15-,16+,17-,18-/m0/s1. The van der Waals surface area contributed by atoms with Gasteiger partial charge in [-0.1, -0.05) is 0 Å². The number of ether oxygens (including phenoxy) is 1. The minimum atomic E-state index is 0.112. The van der Waals surface area contributed by atoms with E-state index in [-0.39, 0.29) is 18.1 Å². The van der Waals surface area contributed by atoms with E-state index in [9.17, 15) is 4.79 Å². The number of carbonyl (C=O) groups is 1. The second kappa shape index (κ2) is 8.55. The fourth-order valence-electron chi connectivity index (χ4n) is 4.58. The van der Waals surface area contributed by atoms with Gasteiger partial charge in [0.2, 0.25) is 5.91 Å². The Kier molecular flexibility index (Phi) is 6.12. The van der Waals surface area contributed by atoms with Crippen LogP contribution in [-0.4, -0.2) is 73.2 Å². The van der Waals surface area contributed by atoms with Gasteiger partial charge in [-0.15, -0.1) is 11.3 Å². The molecule has 0 unspecified atom stereocenters. The highest BCUT2D eigenvalue weighted by molar-refractivity contribution is 7.09. The van der Waals surface area contributed by atoms with E-state index in [2.05, 4.69) is 20.6 Å². The molecule has 2 saturated carbocycles. The van der Waals surface area contributed by atoms with Gasteiger partial charge in [-0.25, -0.2) is 4.98 Å². The first-order valence-electron chi connectivity index (χ1n) is 10.2. The van der Waals surface area contributed by atoms with Crippen molar-refractivity contribution in [2.24, 2.45) is 17.8 Å². The number of fused-ring (bicyclic) bond motifs is 1. The second-order valence-electron chi connectivity index (χ2n) is 8.84. The van der Waals surface area contributed by atoms with Gasteiger partial charge in [0.25, 0.3) is 0 Å². The highest BCUT2D eigenvalue weighted by atomic mass is 32.1. The van der Waals surface area contributed by atoms with Gasteiger partial charge in [0.1, 0.15) is 5.01 Å². The largest absolute Gasteiger partial charge is 0.376 e. The van der Waals surface area contributed by atoms with Crippen molar-refractivity contribution in [2.75, 3.05) is 40.3 Å². The molecule has 4 atom stereocenters. The molecule has 2 heterocycles. The van der Waals surface area contributed by atoms with Crippen LogP contribution in [-0.2, 0) is 16.1 Å². The summed E-state index contributed by atoms with van der Waals surface area (Å²) in [6.07, 6.45) is 6.77. The zero-order chi connectivity index (χ0) is 18.8. The molecule has 1 N–H and O–H groups in total. The van der Waals surface area contributed by atoms with Crippen LogP contribution in [0, 0.1) is 17.8 Å². The lowest BCUT2D eigenvalue weighted by Crippen LogP contribution is -2.52. The fraction of sp³-hybridized carbons (Fsp3) is 0.800. The molecule has 1 amide bonds. The lowest BCUT2D eigenvalue weighted by Gasteiger charge is -2.38. The highest BCUT2D eigenvalue weighted by Gasteiger charge is 2.43. The third kappa shape index (κ3) is 5.28. The lowest BCUT2D eigenvalue weighted by molar-refractivity contribution is -0.125. The molecule has 0 radical (unpaired) electrons. The average molecular weight is 393 g/mol. The summed E-state index contributed by atoms with van der Waals surface area (Å²) >= 11 is 1.74. The van der Waals surface area contributed by atoms with E-state index in [1.54, 1.807) is 11.3 Å². The molecule has 150 valence electrons. The Morgan fingerprint density at radius 1 is 1.33 bits per heavy atom. The maximum atomic E-state index is 12.4. The van der Waals surface area contributed by atoms with E-state index in [0.29, 0.717) is 18.4 Å². The Balaban J connectivity index is 1.36. The molecule has 1 saturated heterocycles. The summed E-state index contributed by atoms with van der Waals surface area (Å²) < 4.78 is 6.32. The Bertz CT molecular complexity index is 620. The Morgan fingerprint density at radius 3 is 2.78 bits per heavy atom. The number of nitrogens with one attached hydrogen (secondary N) is 1. The number of carbonyl (C=O) groups excluding carboxylic acids is 1. The Morgan fingerprint density at radius 2 is 2.11 bits per heavy atom. The van der Waals surface area contributed by atoms with Crippen molar-refractivity contribution in [1.82, 2.24) is 20.1 Å². The summed E-state index contributed by atoms with van der Waals surface area (Å²) in [5.74, 6) is 2.19. The molecule has 1 aromatic heterocycles. The molecule has 1 aliphatic heterocycles. The van der Waals surface area contributed by atoms with E-state index < -0.39 is 0 Å². The SMILES string of the molecule is CN(C)CC(=O)N[C@H]1C[C@H]2CN(Cc3nccs3)C[C@H]2C[C@@H]1OCC1CC1. The van der Waals surface area contributed by atoms with E-state index in [1.807, 2.05) is 25.2 Å². The van der Waals surface area contributed by atoms with Crippen LogP contribution in [0.25, 0.3) is 0 Å². The zero-order valence-corrected chi connectivity index (χ0v) is 17.3. The number of rotatable bonds is 8. The number of hydrogen-bond acceptors (Lipinski definition) is 6. The second-order valence-corrected chi connectivity index (χ2v) is 9.82. The summed E-state index contributed by atoms with van der Waals surface area (Å²) in [6, 6.07) is 0.150. The van der Waals surface area contributed by atoms with Crippen LogP contribution >= 0.6 is 11.3 Å². The van der Waals surface area contributed by atoms with E-state index >= 15 is 0 Å². The van der Waals surface area contributed by atoms with Gasteiger partial charge in [-0.05, 0) is 57.5 Å². The first kappa shape index (κ1) is 19.3. The van der Waals surface area contributed by atoms with Crippen LogP contribution in [0.4, 0.5) is 0 Å². The van der Waals surface area contributed by atoms with Gasteiger partial charge in [0.15, 0.2) is 0 Å². The number of thiazole rings is 1. The molecule has 3 fully saturated rings. The van der Waals surface area contributed by atoms with E-state index in [0.717, 1.165) is 45.0 Å². The van der Waals surface area contributed by atoms with Crippen molar-refractivity contribution in [1.29, 1.82) is 0 Å². The minimum absolute atomic E-state index is 0.112. The number of aromatic nitrogens is 1. The molecule has 27 heavy (non-hydrogen) atoms. The van der Waals surface area contributed by atoms with Gasteiger partial charge in [-0.2, -0.15) is 0 Å². The van der Waals surface area contributed by atoms with E-state index in [1.165, 1.54) is 17.8 Å². The smallest absolute Gasteiger partial charge is 0.234 e. The summed E-state index contributed by atoms with van der Waals surface area (Å²) in [7, 11) is 3.87.